The number of hydrogen-bond acceptors (Lipinski definition) is 5. The SMILES string of the molecule is CCCCCCCCCCCCCCCCC(CC(=O)NC(CO)C(O)CCCCCCCCCCCC)OC(=O)CCCCCCCCCCCCCCC. The number of hydrogen-bond donors (Lipinski definition) is 3. The van der Waals surface area contributed by atoms with Crippen LogP contribution in [0, 0.1) is 0 Å². The van der Waals surface area contributed by atoms with Crippen molar-refractivity contribution >= 4 is 11.9 Å². The molecule has 334 valence electrons. The zero-order valence-electron chi connectivity index (χ0n) is 38.0. The molecular weight excluding hydrogens is 695 g/mol. The minimum atomic E-state index is -0.777. The minimum Gasteiger partial charge on any atom is -0.462 e. The topological polar surface area (TPSA) is 95.9 Å². The van der Waals surface area contributed by atoms with Gasteiger partial charge in [-0.2, -0.15) is 0 Å². The van der Waals surface area contributed by atoms with Gasteiger partial charge in [0.05, 0.1) is 25.2 Å². The molecule has 0 heterocycles. The van der Waals surface area contributed by atoms with E-state index < -0.39 is 18.2 Å². The van der Waals surface area contributed by atoms with Crippen LogP contribution >= 0.6 is 0 Å². The summed E-state index contributed by atoms with van der Waals surface area (Å²) >= 11 is 0. The van der Waals surface area contributed by atoms with E-state index in [0.717, 1.165) is 38.5 Å². The summed E-state index contributed by atoms with van der Waals surface area (Å²) in [6, 6.07) is -0.690. The molecule has 0 aromatic carbocycles. The fourth-order valence-electron chi connectivity index (χ4n) is 8.08. The van der Waals surface area contributed by atoms with Gasteiger partial charge >= 0.3 is 5.97 Å². The largest absolute Gasteiger partial charge is 0.462 e. The normalized spacial score (nSPS) is 13.2. The number of aliphatic hydroxyl groups is 2. The number of unbranched alkanes of at least 4 members (excludes halogenated alkanes) is 34. The molecule has 0 aromatic rings. The summed E-state index contributed by atoms with van der Waals surface area (Å²) in [5.74, 6) is -0.453. The molecule has 0 aliphatic heterocycles. The Labute approximate surface area is 349 Å². The van der Waals surface area contributed by atoms with E-state index in [1.807, 2.05) is 0 Å². The van der Waals surface area contributed by atoms with E-state index in [9.17, 15) is 19.8 Å². The Bertz CT molecular complexity index is 806. The minimum absolute atomic E-state index is 0.0876. The Kier molecular flexibility index (Phi) is 44.0. The summed E-state index contributed by atoms with van der Waals surface area (Å²) in [6.45, 7) is 6.49. The zero-order chi connectivity index (χ0) is 41.0. The number of aliphatic hydroxyl groups excluding tert-OH is 2. The number of esters is 1. The van der Waals surface area contributed by atoms with E-state index in [0.29, 0.717) is 19.3 Å². The lowest BCUT2D eigenvalue weighted by molar-refractivity contribution is -0.151. The van der Waals surface area contributed by atoms with Gasteiger partial charge in [-0.05, 0) is 25.7 Å². The summed E-state index contributed by atoms with van der Waals surface area (Å²) in [5, 5.41) is 23.7. The summed E-state index contributed by atoms with van der Waals surface area (Å²) in [4.78, 5) is 26.1. The van der Waals surface area contributed by atoms with Gasteiger partial charge in [-0.3, -0.25) is 9.59 Å². The maximum Gasteiger partial charge on any atom is 0.306 e. The van der Waals surface area contributed by atoms with Crippen molar-refractivity contribution < 1.29 is 24.5 Å². The zero-order valence-corrected chi connectivity index (χ0v) is 38.0. The van der Waals surface area contributed by atoms with E-state index in [1.54, 1.807) is 0 Å². The highest BCUT2D eigenvalue weighted by molar-refractivity contribution is 5.77. The predicted molar refractivity (Wildman–Crippen MR) is 241 cm³/mol. The molecule has 1 amide bonds. The third kappa shape index (κ3) is 39.7. The summed E-state index contributed by atoms with van der Waals surface area (Å²) in [6.07, 6.45) is 47.3. The van der Waals surface area contributed by atoms with Crippen LogP contribution in [0.4, 0.5) is 0 Å². The van der Waals surface area contributed by atoms with Crippen LogP contribution in [0.25, 0.3) is 0 Å². The highest BCUT2D eigenvalue weighted by Crippen LogP contribution is 2.19. The highest BCUT2D eigenvalue weighted by Gasteiger charge is 2.24. The second kappa shape index (κ2) is 45.0. The van der Waals surface area contributed by atoms with Crippen molar-refractivity contribution in [2.75, 3.05) is 6.61 Å². The number of carbonyl (C=O) groups excluding carboxylic acids is 2. The van der Waals surface area contributed by atoms with E-state index in [4.69, 9.17) is 4.74 Å². The Morgan fingerprint density at radius 3 is 1.09 bits per heavy atom. The molecule has 0 aliphatic rings. The molecule has 56 heavy (non-hydrogen) atoms. The van der Waals surface area contributed by atoms with Gasteiger partial charge in [-0.15, -0.1) is 0 Å². The molecule has 0 radical (unpaired) electrons. The first-order valence-corrected chi connectivity index (χ1v) is 25.3. The van der Waals surface area contributed by atoms with Crippen LogP contribution in [0.5, 0.6) is 0 Å². The molecule has 3 atom stereocenters. The van der Waals surface area contributed by atoms with Crippen LogP contribution in [0.3, 0.4) is 0 Å². The molecule has 0 saturated carbocycles. The summed E-state index contributed by atoms with van der Waals surface area (Å²) < 4.78 is 5.93. The molecule has 0 rings (SSSR count). The van der Waals surface area contributed by atoms with Gasteiger partial charge in [0.1, 0.15) is 6.10 Å². The van der Waals surface area contributed by atoms with E-state index in [1.165, 1.54) is 199 Å². The van der Waals surface area contributed by atoms with Crippen molar-refractivity contribution in [3.05, 3.63) is 0 Å². The Balaban J connectivity index is 4.53. The number of amides is 1. The van der Waals surface area contributed by atoms with Crippen molar-refractivity contribution in [2.24, 2.45) is 0 Å². The Hall–Kier alpha value is -1.14. The van der Waals surface area contributed by atoms with Gasteiger partial charge in [-0.1, -0.05) is 245 Å². The number of carbonyl (C=O) groups is 2. The maximum absolute atomic E-state index is 13.2. The second-order valence-corrected chi connectivity index (χ2v) is 17.6. The lowest BCUT2D eigenvalue weighted by Crippen LogP contribution is -2.46. The monoisotopic (exact) mass is 794 g/mol. The molecule has 0 spiro atoms. The van der Waals surface area contributed by atoms with Crippen molar-refractivity contribution in [3.8, 4) is 0 Å². The summed E-state index contributed by atoms with van der Waals surface area (Å²) in [5.41, 5.74) is 0. The standard InChI is InChI=1S/C50H99NO5/c1-4-7-10-13-16-19-22-24-26-27-29-32-35-38-41-46(56-50(55)43-40-37-34-31-28-25-23-20-17-14-11-8-5-2)44-49(54)51-47(45-52)48(53)42-39-36-33-30-21-18-15-12-9-6-3/h46-48,52-53H,4-45H2,1-3H3,(H,51,54). The van der Waals surface area contributed by atoms with E-state index >= 15 is 0 Å². The van der Waals surface area contributed by atoms with E-state index in [-0.39, 0.29) is 24.9 Å². The van der Waals surface area contributed by atoms with Crippen LogP contribution < -0.4 is 5.32 Å². The molecule has 0 aromatic heterocycles. The lowest BCUT2D eigenvalue weighted by Gasteiger charge is -2.24. The second-order valence-electron chi connectivity index (χ2n) is 17.6. The maximum atomic E-state index is 13.2. The van der Waals surface area contributed by atoms with Crippen LogP contribution in [-0.2, 0) is 14.3 Å². The molecule has 6 nitrogen and oxygen atoms in total. The van der Waals surface area contributed by atoms with Crippen LogP contribution in [0.1, 0.15) is 284 Å². The first kappa shape index (κ1) is 54.9. The molecule has 6 heteroatoms. The van der Waals surface area contributed by atoms with Crippen molar-refractivity contribution in [2.45, 2.75) is 302 Å². The van der Waals surface area contributed by atoms with Gasteiger partial charge in [0, 0.05) is 6.42 Å². The van der Waals surface area contributed by atoms with Gasteiger partial charge in [0.25, 0.3) is 0 Å². The number of rotatable bonds is 46. The molecule has 0 bridgehead atoms. The number of ether oxygens (including phenoxy) is 1. The first-order chi connectivity index (χ1) is 27.5. The quantitative estimate of drug-likeness (QED) is 0.0421. The molecule has 3 N–H and O–H groups in total. The Morgan fingerprint density at radius 2 is 0.750 bits per heavy atom. The third-order valence-electron chi connectivity index (χ3n) is 11.9. The fraction of sp³-hybridized carbons (Fsp3) is 0.960. The third-order valence-corrected chi connectivity index (χ3v) is 11.9. The van der Waals surface area contributed by atoms with Gasteiger partial charge in [0.15, 0.2) is 0 Å². The average Bonchev–Trinajstić information content (AvgIpc) is 3.19. The molecule has 0 fully saturated rings. The van der Waals surface area contributed by atoms with Crippen molar-refractivity contribution in [1.29, 1.82) is 0 Å². The van der Waals surface area contributed by atoms with Gasteiger partial charge in [-0.25, -0.2) is 0 Å². The molecule has 0 saturated heterocycles. The van der Waals surface area contributed by atoms with Crippen LogP contribution in [0.2, 0.25) is 0 Å². The van der Waals surface area contributed by atoms with Crippen LogP contribution in [0.15, 0.2) is 0 Å². The fourth-order valence-corrected chi connectivity index (χ4v) is 8.08. The van der Waals surface area contributed by atoms with Gasteiger partial charge < -0.3 is 20.3 Å². The van der Waals surface area contributed by atoms with Crippen LogP contribution in [-0.4, -0.2) is 46.9 Å². The smallest absolute Gasteiger partial charge is 0.306 e. The van der Waals surface area contributed by atoms with Crippen molar-refractivity contribution in [1.82, 2.24) is 5.32 Å². The predicted octanol–water partition coefficient (Wildman–Crippen LogP) is 14.8. The van der Waals surface area contributed by atoms with Gasteiger partial charge in [0.2, 0.25) is 5.91 Å². The molecule has 3 unspecified atom stereocenters. The molecular formula is C50H99NO5. The summed E-state index contributed by atoms with van der Waals surface area (Å²) in [7, 11) is 0. The number of nitrogens with one attached hydrogen (secondary N) is 1. The highest BCUT2D eigenvalue weighted by atomic mass is 16.5. The Morgan fingerprint density at radius 1 is 0.446 bits per heavy atom. The molecule has 0 aliphatic carbocycles. The lowest BCUT2D eigenvalue weighted by atomic mass is 10.0. The average molecular weight is 794 g/mol. The van der Waals surface area contributed by atoms with E-state index in [2.05, 4.69) is 26.1 Å². The first-order valence-electron chi connectivity index (χ1n) is 25.3. The van der Waals surface area contributed by atoms with Crippen molar-refractivity contribution in [3.63, 3.8) is 0 Å².